The van der Waals surface area contributed by atoms with Crippen LogP contribution in [0.15, 0.2) is 18.2 Å². The van der Waals surface area contributed by atoms with Crippen molar-refractivity contribution in [3.8, 4) is 5.75 Å². The summed E-state index contributed by atoms with van der Waals surface area (Å²) in [5, 5.41) is 20.0. The zero-order valence-electron chi connectivity index (χ0n) is 9.32. The number of hydrogen-bond acceptors (Lipinski definition) is 6. The van der Waals surface area contributed by atoms with Crippen molar-refractivity contribution in [3.05, 3.63) is 33.9 Å². The maximum absolute atomic E-state index is 11.8. The molecular weight excluding hydrogens is 249 g/mol. The molecule has 0 saturated carbocycles. The highest BCUT2D eigenvalue weighted by Gasteiger charge is 2.24. The minimum Gasteiger partial charge on any atom is -0.507 e. The Hall–Kier alpha value is -1.43. The van der Waals surface area contributed by atoms with Gasteiger partial charge in [-0.1, -0.05) is 0 Å². The van der Waals surface area contributed by atoms with Crippen molar-refractivity contribution in [3.63, 3.8) is 0 Å². The molecule has 8 heteroatoms. The number of phenols is 1. The molecule has 0 aliphatic carbocycles. The molecule has 1 aromatic carbocycles. The maximum atomic E-state index is 11.8. The summed E-state index contributed by atoms with van der Waals surface area (Å²) in [5.74, 6) is -0.312. The van der Waals surface area contributed by atoms with Crippen LogP contribution in [0.2, 0.25) is 0 Å². The van der Waals surface area contributed by atoms with Crippen molar-refractivity contribution in [2.75, 3.05) is 14.2 Å². The molecule has 0 amide bonds. The Morgan fingerprint density at radius 3 is 2.41 bits per heavy atom. The fourth-order valence-corrected chi connectivity index (χ4v) is 2.30. The summed E-state index contributed by atoms with van der Waals surface area (Å²) in [4.78, 5) is 9.82. The average molecular weight is 261 g/mol. The van der Waals surface area contributed by atoms with Crippen LogP contribution in [0.25, 0.3) is 0 Å². The molecule has 0 unspecified atom stereocenters. The Morgan fingerprint density at radius 1 is 1.41 bits per heavy atom. The van der Waals surface area contributed by atoms with E-state index in [1.807, 2.05) is 0 Å². The molecule has 0 bridgehead atoms. The topological polar surface area (TPSA) is 98.9 Å². The van der Waals surface area contributed by atoms with Gasteiger partial charge in [0.1, 0.15) is 5.75 Å². The normalized spacial score (nSPS) is 11.4. The lowest BCUT2D eigenvalue weighted by Gasteiger charge is -2.13. The summed E-state index contributed by atoms with van der Waals surface area (Å²) in [7, 11) is -0.841. The molecule has 17 heavy (non-hydrogen) atoms. The summed E-state index contributed by atoms with van der Waals surface area (Å²) in [6, 6.07) is 3.52. The number of aromatic hydroxyl groups is 1. The molecule has 0 aliphatic heterocycles. The molecule has 0 aliphatic rings. The van der Waals surface area contributed by atoms with Crippen molar-refractivity contribution >= 4 is 13.3 Å². The van der Waals surface area contributed by atoms with E-state index in [1.54, 1.807) is 0 Å². The van der Waals surface area contributed by atoms with Crippen LogP contribution in [0.4, 0.5) is 5.69 Å². The van der Waals surface area contributed by atoms with Crippen LogP contribution >= 0.6 is 7.60 Å². The van der Waals surface area contributed by atoms with E-state index in [1.165, 1.54) is 26.4 Å². The number of nitro groups is 1. The first-order valence-electron chi connectivity index (χ1n) is 4.58. The van der Waals surface area contributed by atoms with Gasteiger partial charge in [-0.25, -0.2) is 0 Å². The van der Waals surface area contributed by atoms with Crippen LogP contribution in [-0.2, 0) is 19.8 Å². The SMILES string of the molecule is COP(=O)(Cc1ccc([N+](=O)[O-])cc1O)OC. The molecule has 0 saturated heterocycles. The third kappa shape index (κ3) is 3.26. The van der Waals surface area contributed by atoms with Crippen molar-refractivity contribution in [2.24, 2.45) is 0 Å². The van der Waals surface area contributed by atoms with E-state index in [0.29, 0.717) is 0 Å². The largest absolute Gasteiger partial charge is 0.507 e. The number of benzene rings is 1. The molecular formula is C9H12NO6P. The highest BCUT2D eigenvalue weighted by atomic mass is 31.2. The van der Waals surface area contributed by atoms with E-state index >= 15 is 0 Å². The second-order valence-corrected chi connectivity index (χ2v) is 5.47. The van der Waals surface area contributed by atoms with E-state index < -0.39 is 12.5 Å². The van der Waals surface area contributed by atoms with Gasteiger partial charge in [-0.05, 0) is 6.07 Å². The van der Waals surface area contributed by atoms with Crippen LogP contribution in [0, 0.1) is 10.1 Å². The number of rotatable bonds is 5. The van der Waals surface area contributed by atoms with Gasteiger partial charge >= 0.3 is 7.60 Å². The van der Waals surface area contributed by atoms with Crippen LogP contribution in [0.1, 0.15) is 5.56 Å². The maximum Gasteiger partial charge on any atom is 0.334 e. The van der Waals surface area contributed by atoms with Gasteiger partial charge in [0.15, 0.2) is 0 Å². The lowest BCUT2D eigenvalue weighted by molar-refractivity contribution is -0.384. The molecule has 1 N–H and O–H groups in total. The number of phenolic OH excluding ortho intramolecular Hbond substituents is 1. The van der Waals surface area contributed by atoms with E-state index in [4.69, 9.17) is 9.05 Å². The first kappa shape index (κ1) is 13.6. The Kier molecular flexibility index (Phi) is 4.22. The van der Waals surface area contributed by atoms with Crippen LogP contribution in [-0.4, -0.2) is 24.2 Å². The number of nitrogens with zero attached hydrogens (tertiary/aromatic N) is 1. The molecule has 0 heterocycles. The third-order valence-electron chi connectivity index (χ3n) is 2.20. The minimum atomic E-state index is -3.30. The Bertz CT molecular complexity index is 467. The Morgan fingerprint density at radius 2 is 2.00 bits per heavy atom. The van der Waals surface area contributed by atoms with E-state index in [9.17, 15) is 19.8 Å². The van der Waals surface area contributed by atoms with Gasteiger partial charge in [0, 0.05) is 25.8 Å². The second kappa shape index (κ2) is 5.27. The lowest BCUT2D eigenvalue weighted by Crippen LogP contribution is -1.95. The number of nitro benzene ring substituents is 1. The molecule has 7 nitrogen and oxygen atoms in total. The van der Waals surface area contributed by atoms with Gasteiger partial charge in [0.25, 0.3) is 5.69 Å². The van der Waals surface area contributed by atoms with Gasteiger partial charge < -0.3 is 14.2 Å². The zero-order chi connectivity index (χ0) is 13.1. The van der Waals surface area contributed by atoms with Crippen molar-refractivity contribution < 1.29 is 23.6 Å². The zero-order valence-corrected chi connectivity index (χ0v) is 10.2. The first-order chi connectivity index (χ1) is 7.91. The van der Waals surface area contributed by atoms with Crippen molar-refractivity contribution in [1.82, 2.24) is 0 Å². The molecule has 0 radical (unpaired) electrons. The van der Waals surface area contributed by atoms with Crippen LogP contribution < -0.4 is 0 Å². The quantitative estimate of drug-likeness (QED) is 0.496. The fourth-order valence-electron chi connectivity index (χ4n) is 1.21. The summed E-state index contributed by atoms with van der Waals surface area (Å²) >= 11 is 0. The summed E-state index contributed by atoms with van der Waals surface area (Å²) in [5.41, 5.74) is 0.0264. The highest BCUT2D eigenvalue weighted by Crippen LogP contribution is 2.51. The first-order valence-corrected chi connectivity index (χ1v) is 6.31. The third-order valence-corrected chi connectivity index (χ3v) is 4.04. The Labute approximate surface area is 97.7 Å². The molecule has 0 fully saturated rings. The highest BCUT2D eigenvalue weighted by molar-refractivity contribution is 7.52. The lowest BCUT2D eigenvalue weighted by atomic mass is 10.2. The molecule has 1 rings (SSSR count). The molecule has 0 atom stereocenters. The number of non-ortho nitro benzene ring substituents is 1. The summed E-state index contributed by atoms with van der Waals surface area (Å²) < 4.78 is 21.2. The second-order valence-electron chi connectivity index (χ2n) is 3.20. The smallest absolute Gasteiger partial charge is 0.334 e. The van der Waals surface area contributed by atoms with E-state index in [-0.39, 0.29) is 23.2 Å². The van der Waals surface area contributed by atoms with Crippen molar-refractivity contribution in [2.45, 2.75) is 6.16 Å². The monoisotopic (exact) mass is 261 g/mol. The Balaban J connectivity index is 3.01. The average Bonchev–Trinajstić information content (AvgIpc) is 2.31. The van der Waals surface area contributed by atoms with Crippen LogP contribution in [0.5, 0.6) is 5.75 Å². The minimum absolute atomic E-state index is 0.149. The van der Waals surface area contributed by atoms with E-state index in [0.717, 1.165) is 6.07 Å². The molecule has 0 spiro atoms. The van der Waals surface area contributed by atoms with Crippen molar-refractivity contribution in [1.29, 1.82) is 0 Å². The standard InChI is InChI=1S/C9H12NO6P/c1-15-17(14,16-2)6-7-3-4-8(10(12)13)5-9(7)11/h3-5,11H,6H2,1-2H3. The van der Waals surface area contributed by atoms with Gasteiger partial charge in [0.2, 0.25) is 0 Å². The van der Waals surface area contributed by atoms with Gasteiger partial charge in [-0.2, -0.15) is 0 Å². The molecule has 1 aromatic rings. The predicted molar refractivity (Wildman–Crippen MR) is 60.1 cm³/mol. The summed E-state index contributed by atoms with van der Waals surface area (Å²) in [6.07, 6.45) is -0.149. The van der Waals surface area contributed by atoms with Crippen LogP contribution in [0.3, 0.4) is 0 Å². The number of hydrogen-bond donors (Lipinski definition) is 1. The fraction of sp³-hybridized carbons (Fsp3) is 0.333. The molecule has 0 aromatic heterocycles. The van der Waals surface area contributed by atoms with Gasteiger partial charge in [-0.3, -0.25) is 14.7 Å². The summed E-state index contributed by atoms with van der Waals surface area (Å²) in [6.45, 7) is 0. The van der Waals surface area contributed by atoms with Gasteiger partial charge in [0.05, 0.1) is 17.2 Å². The van der Waals surface area contributed by atoms with Gasteiger partial charge in [-0.15, -0.1) is 0 Å². The predicted octanol–water partition coefficient (Wildman–Crippen LogP) is 2.29. The molecule has 94 valence electrons. The van der Waals surface area contributed by atoms with E-state index in [2.05, 4.69) is 0 Å².